The van der Waals surface area contributed by atoms with Crippen molar-refractivity contribution in [3.8, 4) is 0 Å². The quantitative estimate of drug-likeness (QED) is 0.812. The lowest BCUT2D eigenvalue weighted by molar-refractivity contribution is 0.0697. The Labute approximate surface area is 117 Å². The predicted octanol–water partition coefficient (Wildman–Crippen LogP) is 2.93. The standard InChI is InChI=1S/C12H10FN3O3S/c1-6-9(11(17)18)10(20-16-6)15-12(19)14-8-4-2-3-7(13)5-8/h2-5H,1H3,(H,17,18)(H2,14,15,19). The second-order valence-electron chi connectivity index (χ2n) is 3.87. The van der Waals surface area contributed by atoms with Crippen LogP contribution in [0.1, 0.15) is 16.1 Å². The zero-order valence-corrected chi connectivity index (χ0v) is 11.1. The number of anilines is 2. The molecule has 0 aliphatic rings. The number of hydrogen-bond acceptors (Lipinski definition) is 4. The number of rotatable bonds is 3. The minimum Gasteiger partial charge on any atom is -0.478 e. The Morgan fingerprint density at radius 1 is 1.35 bits per heavy atom. The van der Waals surface area contributed by atoms with E-state index in [1.165, 1.54) is 25.1 Å². The Kier molecular flexibility index (Phi) is 3.94. The summed E-state index contributed by atoms with van der Waals surface area (Å²) in [7, 11) is 0. The lowest BCUT2D eigenvalue weighted by atomic mass is 10.2. The van der Waals surface area contributed by atoms with Gasteiger partial charge in [0.25, 0.3) is 0 Å². The number of amides is 2. The van der Waals surface area contributed by atoms with Gasteiger partial charge in [-0.2, -0.15) is 4.37 Å². The van der Waals surface area contributed by atoms with Gasteiger partial charge in [-0.05, 0) is 36.7 Å². The molecule has 0 saturated carbocycles. The Morgan fingerprint density at radius 2 is 2.10 bits per heavy atom. The summed E-state index contributed by atoms with van der Waals surface area (Å²) in [6.45, 7) is 1.54. The normalized spacial score (nSPS) is 10.1. The summed E-state index contributed by atoms with van der Waals surface area (Å²) >= 11 is 0.870. The van der Waals surface area contributed by atoms with Crippen molar-refractivity contribution in [2.45, 2.75) is 6.92 Å². The number of carbonyl (C=O) groups excluding carboxylic acids is 1. The van der Waals surface area contributed by atoms with E-state index in [1.807, 2.05) is 0 Å². The Hall–Kier alpha value is -2.48. The highest BCUT2D eigenvalue weighted by Gasteiger charge is 2.19. The van der Waals surface area contributed by atoms with E-state index in [-0.39, 0.29) is 16.3 Å². The molecule has 8 heteroatoms. The number of halogens is 1. The van der Waals surface area contributed by atoms with Gasteiger partial charge in [-0.3, -0.25) is 5.32 Å². The second kappa shape index (κ2) is 5.66. The van der Waals surface area contributed by atoms with Crippen LogP contribution >= 0.6 is 11.5 Å². The third-order valence-electron chi connectivity index (χ3n) is 2.39. The predicted molar refractivity (Wildman–Crippen MR) is 72.9 cm³/mol. The molecule has 2 aromatic rings. The van der Waals surface area contributed by atoms with E-state index in [2.05, 4.69) is 15.0 Å². The van der Waals surface area contributed by atoms with Gasteiger partial charge < -0.3 is 10.4 Å². The van der Waals surface area contributed by atoms with E-state index < -0.39 is 17.8 Å². The molecule has 0 unspecified atom stereocenters. The summed E-state index contributed by atoms with van der Waals surface area (Å²) in [5.74, 6) is -1.65. The highest BCUT2D eigenvalue weighted by Crippen LogP contribution is 2.24. The van der Waals surface area contributed by atoms with Crippen molar-refractivity contribution in [3.05, 3.63) is 41.3 Å². The molecular weight excluding hydrogens is 285 g/mol. The molecule has 2 amide bonds. The van der Waals surface area contributed by atoms with Crippen LogP contribution in [0.4, 0.5) is 19.9 Å². The van der Waals surface area contributed by atoms with E-state index in [1.54, 1.807) is 0 Å². The van der Waals surface area contributed by atoms with Crippen molar-refractivity contribution in [2.24, 2.45) is 0 Å². The maximum atomic E-state index is 13.0. The fraction of sp³-hybridized carbons (Fsp3) is 0.0833. The topological polar surface area (TPSA) is 91.3 Å². The zero-order chi connectivity index (χ0) is 14.7. The zero-order valence-electron chi connectivity index (χ0n) is 10.3. The number of carboxylic acid groups (broad SMARTS) is 1. The van der Waals surface area contributed by atoms with Crippen molar-refractivity contribution < 1.29 is 19.1 Å². The molecule has 2 rings (SSSR count). The maximum absolute atomic E-state index is 13.0. The van der Waals surface area contributed by atoms with Crippen LogP contribution in [-0.4, -0.2) is 21.5 Å². The molecule has 0 fully saturated rings. The maximum Gasteiger partial charge on any atom is 0.340 e. The molecule has 0 saturated heterocycles. The minimum atomic E-state index is -1.17. The molecule has 6 nitrogen and oxygen atoms in total. The summed E-state index contributed by atoms with van der Waals surface area (Å²) in [5, 5.41) is 13.9. The fourth-order valence-corrected chi connectivity index (χ4v) is 2.32. The Balaban J connectivity index is 2.11. The SMILES string of the molecule is Cc1nsc(NC(=O)Nc2cccc(F)c2)c1C(=O)O. The number of aromatic carboxylic acids is 1. The van der Waals surface area contributed by atoms with E-state index in [4.69, 9.17) is 5.11 Å². The molecule has 0 aliphatic heterocycles. The third kappa shape index (κ3) is 3.09. The molecule has 3 N–H and O–H groups in total. The first-order valence-corrected chi connectivity index (χ1v) is 6.28. The van der Waals surface area contributed by atoms with Crippen LogP contribution in [0.15, 0.2) is 24.3 Å². The summed E-state index contributed by atoms with van der Waals surface area (Å²) in [6.07, 6.45) is 0. The minimum absolute atomic E-state index is 0.0515. The summed E-state index contributed by atoms with van der Waals surface area (Å²) in [6, 6.07) is 4.69. The lowest BCUT2D eigenvalue weighted by Gasteiger charge is -2.06. The lowest BCUT2D eigenvalue weighted by Crippen LogP contribution is -2.20. The summed E-state index contributed by atoms with van der Waals surface area (Å²) in [5.41, 5.74) is 0.536. The van der Waals surface area contributed by atoms with Crippen LogP contribution in [0.5, 0.6) is 0 Å². The second-order valence-corrected chi connectivity index (χ2v) is 4.64. The van der Waals surface area contributed by atoms with E-state index in [9.17, 15) is 14.0 Å². The smallest absolute Gasteiger partial charge is 0.340 e. The number of aryl methyl sites for hydroxylation is 1. The Bertz CT molecular complexity index is 672. The molecule has 1 aromatic carbocycles. The van der Waals surface area contributed by atoms with E-state index in [0.717, 1.165) is 17.6 Å². The number of nitrogens with zero attached hydrogens (tertiary/aromatic N) is 1. The van der Waals surface area contributed by atoms with E-state index >= 15 is 0 Å². The molecule has 0 spiro atoms. The van der Waals surface area contributed by atoms with Crippen molar-refractivity contribution in [3.63, 3.8) is 0 Å². The number of hydrogen-bond donors (Lipinski definition) is 3. The van der Waals surface area contributed by atoms with Crippen molar-refractivity contribution in [1.82, 2.24) is 4.37 Å². The van der Waals surface area contributed by atoms with Crippen LogP contribution < -0.4 is 10.6 Å². The van der Waals surface area contributed by atoms with E-state index in [0.29, 0.717) is 5.69 Å². The van der Waals surface area contributed by atoms with Gasteiger partial charge in [-0.15, -0.1) is 0 Å². The number of aromatic nitrogens is 1. The van der Waals surface area contributed by atoms with Gasteiger partial charge in [0.05, 0.1) is 5.69 Å². The average molecular weight is 295 g/mol. The number of carbonyl (C=O) groups is 2. The van der Waals surface area contributed by atoms with Crippen LogP contribution in [0.3, 0.4) is 0 Å². The number of benzene rings is 1. The van der Waals surface area contributed by atoms with Crippen LogP contribution in [0.2, 0.25) is 0 Å². The molecule has 104 valence electrons. The van der Waals surface area contributed by atoms with Gasteiger partial charge in [0.1, 0.15) is 16.4 Å². The number of urea groups is 1. The van der Waals surface area contributed by atoms with Crippen molar-refractivity contribution in [2.75, 3.05) is 10.6 Å². The van der Waals surface area contributed by atoms with Gasteiger partial charge in [0, 0.05) is 5.69 Å². The third-order valence-corrected chi connectivity index (χ3v) is 3.24. The molecule has 20 heavy (non-hydrogen) atoms. The van der Waals surface area contributed by atoms with Gasteiger partial charge in [-0.25, -0.2) is 14.0 Å². The van der Waals surface area contributed by atoms with Crippen LogP contribution in [-0.2, 0) is 0 Å². The number of nitrogens with one attached hydrogen (secondary N) is 2. The first kappa shape index (κ1) is 13.9. The molecule has 0 aliphatic carbocycles. The summed E-state index contributed by atoms with van der Waals surface area (Å²) in [4.78, 5) is 22.8. The highest BCUT2D eigenvalue weighted by atomic mass is 32.1. The van der Waals surface area contributed by atoms with Crippen LogP contribution in [0, 0.1) is 12.7 Å². The van der Waals surface area contributed by atoms with Crippen molar-refractivity contribution >= 4 is 34.2 Å². The molecular formula is C12H10FN3O3S. The van der Waals surface area contributed by atoms with Gasteiger partial charge in [0.15, 0.2) is 0 Å². The molecule has 0 radical (unpaired) electrons. The Morgan fingerprint density at radius 3 is 2.75 bits per heavy atom. The first-order valence-electron chi connectivity index (χ1n) is 5.50. The van der Waals surface area contributed by atoms with Gasteiger partial charge >= 0.3 is 12.0 Å². The van der Waals surface area contributed by atoms with Crippen LogP contribution in [0.25, 0.3) is 0 Å². The van der Waals surface area contributed by atoms with Gasteiger partial charge in [-0.1, -0.05) is 6.07 Å². The number of carboxylic acids is 1. The van der Waals surface area contributed by atoms with Crippen molar-refractivity contribution in [1.29, 1.82) is 0 Å². The highest BCUT2D eigenvalue weighted by molar-refractivity contribution is 7.11. The largest absolute Gasteiger partial charge is 0.478 e. The average Bonchev–Trinajstić information content (AvgIpc) is 2.70. The molecule has 0 bridgehead atoms. The summed E-state index contributed by atoms with van der Waals surface area (Å²) < 4.78 is 16.8. The van der Waals surface area contributed by atoms with Gasteiger partial charge in [0.2, 0.25) is 0 Å². The monoisotopic (exact) mass is 295 g/mol. The molecule has 0 atom stereocenters. The first-order chi connectivity index (χ1) is 9.47. The molecule has 1 aromatic heterocycles. The fourth-order valence-electron chi connectivity index (χ4n) is 1.54. The molecule has 1 heterocycles.